The topological polar surface area (TPSA) is 99.4 Å². The summed E-state index contributed by atoms with van der Waals surface area (Å²) in [7, 11) is 3.13. The molecule has 4 aromatic rings. The van der Waals surface area contributed by atoms with Gasteiger partial charge in [-0.2, -0.15) is 4.98 Å². The van der Waals surface area contributed by atoms with Crippen LogP contribution in [0.4, 0.5) is 5.13 Å². The third-order valence-electron chi connectivity index (χ3n) is 4.34. The zero-order valence-corrected chi connectivity index (χ0v) is 17.3. The van der Waals surface area contributed by atoms with Crippen LogP contribution in [-0.4, -0.2) is 35.3 Å². The molecule has 0 saturated carbocycles. The molecule has 152 valence electrons. The Bertz CT molecular complexity index is 1180. The molecule has 30 heavy (non-hydrogen) atoms. The lowest BCUT2D eigenvalue weighted by atomic mass is 10.2. The van der Waals surface area contributed by atoms with Crippen molar-refractivity contribution in [3.8, 4) is 33.7 Å². The van der Waals surface area contributed by atoms with E-state index in [4.69, 9.17) is 14.0 Å². The van der Waals surface area contributed by atoms with E-state index in [1.807, 2.05) is 31.2 Å². The van der Waals surface area contributed by atoms with E-state index in [-0.39, 0.29) is 5.91 Å². The maximum Gasteiger partial charge on any atom is 0.270 e. The van der Waals surface area contributed by atoms with E-state index < -0.39 is 0 Å². The van der Waals surface area contributed by atoms with E-state index >= 15 is 0 Å². The summed E-state index contributed by atoms with van der Waals surface area (Å²) >= 11 is 1.26. The van der Waals surface area contributed by atoms with E-state index in [1.54, 1.807) is 31.4 Å². The summed E-state index contributed by atoms with van der Waals surface area (Å²) < 4.78 is 15.8. The van der Waals surface area contributed by atoms with Crippen molar-refractivity contribution in [2.24, 2.45) is 0 Å². The van der Waals surface area contributed by atoms with Gasteiger partial charge in [0.25, 0.3) is 11.8 Å². The number of methoxy groups -OCH3 is 2. The van der Waals surface area contributed by atoms with Crippen molar-refractivity contribution in [3.05, 3.63) is 59.8 Å². The molecule has 9 heteroatoms. The van der Waals surface area contributed by atoms with Crippen molar-refractivity contribution in [3.63, 3.8) is 0 Å². The average molecular weight is 422 g/mol. The Labute approximate surface area is 176 Å². The van der Waals surface area contributed by atoms with Gasteiger partial charge in [-0.1, -0.05) is 28.6 Å². The zero-order valence-electron chi connectivity index (χ0n) is 16.5. The molecule has 0 aliphatic carbocycles. The van der Waals surface area contributed by atoms with Crippen LogP contribution >= 0.6 is 11.3 Å². The number of hydrogen-bond donors (Lipinski definition) is 1. The van der Waals surface area contributed by atoms with Crippen LogP contribution in [0.5, 0.6) is 11.5 Å². The van der Waals surface area contributed by atoms with Gasteiger partial charge in [0.1, 0.15) is 16.4 Å². The number of carbonyl (C=O) groups is 1. The molecule has 0 aliphatic heterocycles. The predicted molar refractivity (Wildman–Crippen MR) is 113 cm³/mol. The molecular formula is C21H18N4O4S. The second-order valence-electron chi connectivity index (χ2n) is 6.24. The first-order valence-electron chi connectivity index (χ1n) is 8.99. The van der Waals surface area contributed by atoms with Crippen LogP contribution in [-0.2, 0) is 0 Å². The van der Waals surface area contributed by atoms with Gasteiger partial charge in [-0.15, -0.1) is 0 Å². The van der Waals surface area contributed by atoms with Crippen LogP contribution < -0.4 is 14.8 Å². The molecule has 2 aromatic carbocycles. The highest BCUT2D eigenvalue weighted by Crippen LogP contribution is 2.33. The quantitative estimate of drug-likeness (QED) is 0.490. The Morgan fingerprint density at radius 3 is 2.53 bits per heavy atom. The van der Waals surface area contributed by atoms with Crippen LogP contribution in [0, 0.1) is 6.92 Å². The number of benzene rings is 2. The third-order valence-corrected chi connectivity index (χ3v) is 5.40. The summed E-state index contributed by atoms with van der Waals surface area (Å²) in [5, 5.41) is 7.28. The smallest absolute Gasteiger partial charge is 0.270 e. The van der Waals surface area contributed by atoms with E-state index in [0.29, 0.717) is 38.7 Å². The number of nitrogens with one attached hydrogen (secondary N) is 1. The molecule has 0 saturated heterocycles. The number of ether oxygens (including phenoxy) is 2. The summed E-state index contributed by atoms with van der Waals surface area (Å²) in [5.41, 5.74) is 1.91. The Hall–Kier alpha value is -3.72. The number of aromatic nitrogens is 3. The molecule has 0 spiro atoms. The highest BCUT2D eigenvalue weighted by atomic mass is 32.1. The molecule has 0 atom stereocenters. The van der Waals surface area contributed by atoms with Gasteiger partial charge in [-0.25, -0.2) is 4.98 Å². The Balaban J connectivity index is 1.55. The van der Waals surface area contributed by atoms with Crippen LogP contribution in [0.2, 0.25) is 0 Å². The first-order valence-corrected chi connectivity index (χ1v) is 9.81. The number of hydrogen-bond acceptors (Lipinski definition) is 8. The second kappa shape index (κ2) is 8.34. The van der Waals surface area contributed by atoms with Crippen LogP contribution in [0.15, 0.2) is 53.1 Å². The fourth-order valence-corrected chi connectivity index (χ4v) is 3.70. The molecule has 0 radical (unpaired) electrons. The largest absolute Gasteiger partial charge is 0.497 e. The van der Waals surface area contributed by atoms with Crippen molar-refractivity contribution in [1.29, 1.82) is 0 Å². The van der Waals surface area contributed by atoms with Gasteiger partial charge in [0.05, 0.1) is 25.5 Å². The highest BCUT2D eigenvalue weighted by molar-refractivity contribution is 7.19. The minimum atomic E-state index is -0.308. The number of nitrogens with zero attached hydrogens (tertiary/aromatic N) is 3. The van der Waals surface area contributed by atoms with Gasteiger partial charge in [0, 0.05) is 5.56 Å². The predicted octanol–water partition coefficient (Wildman–Crippen LogP) is 4.44. The summed E-state index contributed by atoms with van der Waals surface area (Å²) in [5.74, 6) is 1.73. The van der Waals surface area contributed by atoms with Gasteiger partial charge in [-0.3, -0.25) is 10.1 Å². The maximum absolute atomic E-state index is 12.6. The number of thiazole rings is 1. The lowest BCUT2D eigenvalue weighted by Crippen LogP contribution is -2.12. The molecule has 0 aliphatic rings. The number of amides is 1. The summed E-state index contributed by atoms with van der Waals surface area (Å²) in [6.45, 7) is 1.82. The van der Waals surface area contributed by atoms with Crippen molar-refractivity contribution < 1.29 is 18.8 Å². The van der Waals surface area contributed by atoms with Crippen LogP contribution in [0.25, 0.3) is 22.2 Å². The number of para-hydroxylation sites is 1. The van der Waals surface area contributed by atoms with Gasteiger partial charge < -0.3 is 14.0 Å². The molecule has 0 bridgehead atoms. The Kier molecular flexibility index (Phi) is 5.44. The van der Waals surface area contributed by atoms with Gasteiger partial charge in [0.15, 0.2) is 5.13 Å². The van der Waals surface area contributed by atoms with Gasteiger partial charge in [-0.05, 0) is 43.3 Å². The number of carbonyl (C=O) groups excluding carboxylic acids is 1. The third kappa shape index (κ3) is 3.87. The minimum Gasteiger partial charge on any atom is -0.497 e. The number of aryl methyl sites for hydroxylation is 1. The van der Waals surface area contributed by atoms with E-state index in [0.717, 1.165) is 11.3 Å². The fourth-order valence-electron chi connectivity index (χ4n) is 2.82. The lowest BCUT2D eigenvalue weighted by Gasteiger charge is -2.06. The summed E-state index contributed by atoms with van der Waals surface area (Å²) in [6.07, 6.45) is 0. The fraction of sp³-hybridized carbons (Fsp3) is 0.143. The van der Waals surface area contributed by atoms with Crippen LogP contribution in [0.1, 0.15) is 16.1 Å². The zero-order chi connectivity index (χ0) is 21.1. The Morgan fingerprint density at radius 2 is 1.80 bits per heavy atom. The van der Waals surface area contributed by atoms with E-state index in [2.05, 4.69) is 20.4 Å². The monoisotopic (exact) mass is 422 g/mol. The first-order chi connectivity index (χ1) is 14.6. The van der Waals surface area contributed by atoms with Crippen molar-refractivity contribution in [2.75, 3.05) is 19.5 Å². The van der Waals surface area contributed by atoms with Crippen LogP contribution in [0.3, 0.4) is 0 Å². The minimum absolute atomic E-state index is 0.308. The second-order valence-corrected chi connectivity index (χ2v) is 7.24. The molecular weight excluding hydrogens is 404 g/mol. The number of anilines is 1. The van der Waals surface area contributed by atoms with Gasteiger partial charge >= 0.3 is 0 Å². The molecule has 8 nitrogen and oxygen atoms in total. The SMILES string of the molecule is COc1ccc(-c2noc(-c3sc(NC(=O)c4ccccc4OC)nc3C)n2)cc1. The molecule has 0 unspecified atom stereocenters. The molecule has 4 rings (SSSR count). The average Bonchev–Trinajstić information content (AvgIpc) is 3.40. The first kappa shape index (κ1) is 19.6. The Morgan fingerprint density at radius 1 is 1.03 bits per heavy atom. The normalized spacial score (nSPS) is 10.6. The summed E-state index contributed by atoms with van der Waals surface area (Å²) in [6, 6.07) is 14.4. The van der Waals surface area contributed by atoms with Crippen molar-refractivity contribution >= 4 is 22.4 Å². The molecule has 0 fully saturated rings. The lowest BCUT2D eigenvalue weighted by molar-refractivity contribution is 0.102. The van der Waals surface area contributed by atoms with E-state index in [9.17, 15) is 4.79 Å². The van der Waals surface area contributed by atoms with E-state index in [1.165, 1.54) is 18.4 Å². The molecule has 2 aromatic heterocycles. The standard InChI is InChI=1S/C21H18N4O4S/c1-12-17(20-23-18(25-29-20)13-8-10-14(27-2)11-9-13)30-21(22-12)24-19(26)15-6-4-5-7-16(15)28-3/h4-11H,1-3H3,(H,22,24,26). The van der Waals surface area contributed by atoms with Crippen molar-refractivity contribution in [1.82, 2.24) is 15.1 Å². The maximum atomic E-state index is 12.6. The summed E-state index contributed by atoms with van der Waals surface area (Å²) in [4.78, 5) is 22.2. The molecule has 1 N–H and O–H groups in total. The molecule has 2 heterocycles. The van der Waals surface area contributed by atoms with Crippen molar-refractivity contribution in [2.45, 2.75) is 6.92 Å². The van der Waals surface area contributed by atoms with Gasteiger partial charge in [0.2, 0.25) is 5.82 Å². The highest BCUT2D eigenvalue weighted by Gasteiger charge is 2.19. The molecule has 1 amide bonds. The number of rotatable bonds is 6.